The lowest BCUT2D eigenvalue weighted by molar-refractivity contribution is -0.122. The molecule has 36 heavy (non-hydrogen) atoms. The van der Waals surface area contributed by atoms with Crippen LogP contribution >= 0.6 is 0 Å². The number of benzene rings is 2. The molecule has 2 aliphatic heterocycles. The van der Waals surface area contributed by atoms with Gasteiger partial charge in [0, 0.05) is 49.1 Å². The van der Waals surface area contributed by atoms with Crippen LogP contribution in [-0.2, 0) is 9.53 Å². The van der Waals surface area contributed by atoms with E-state index in [1.54, 1.807) is 6.20 Å². The van der Waals surface area contributed by atoms with Crippen LogP contribution in [0.2, 0.25) is 0 Å². The summed E-state index contributed by atoms with van der Waals surface area (Å²) in [5, 5.41) is 3.32. The molecule has 3 aromatic rings. The Morgan fingerprint density at radius 1 is 1.08 bits per heavy atom. The SMILES string of the molecule is CC(C)[N+]1(c2ccc(-c3ccnc(Nc4ccc(N5CCOCC5)cc4)n3)cc2)CCC[C@@H]1C(N)=O. The highest BCUT2D eigenvalue weighted by molar-refractivity contribution is 5.83. The third-order valence-electron chi connectivity index (χ3n) is 7.61. The second kappa shape index (κ2) is 10.2. The van der Waals surface area contributed by atoms with E-state index in [0.717, 1.165) is 68.3 Å². The molecule has 8 nitrogen and oxygen atoms in total. The smallest absolute Gasteiger partial charge is 0.276 e. The van der Waals surface area contributed by atoms with Gasteiger partial charge >= 0.3 is 0 Å². The van der Waals surface area contributed by atoms with Crippen LogP contribution in [0.4, 0.5) is 23.0 Å². The molecule has 5 rings (SSSR count). The van der Waals surface area contributed by atoms with Gasteiger partial charge in [-0.05, 0) is 68.4 Å². The van der Waals surface area contributed by atoms with Crippen molar-refractivity contribution in [3.8, 4) is 11.3 Å². The first-order valence-corrected chi connectivity index (χ1v) is 12.8. The normalized spacial score (nSPS) is 22.1. The number of primary amides is 1. The number of ether oxygens (including phenoxy) is 1. The van der Waals surface area contributed by atoms with Crippen LogP contribution in [0.25, 0.3) is 11.3 Å². The number of nitrogens with one attached hydrogen (secondary N) is 1. The van der Waals surface area contributed by atoms with Gasteiger partial charge in [-0.3, -0.25) is 9.28 Å². The van der Waals surface area contributed by atoms with Crippen molar-refractivity contribution in [3.05, 3.63) is 60.8 Å². The van der Waals surface area contributed by atoms with E-state index in [-0.39, 0.29) is 18.0 Å². The van der Waals surface area contributed by atoms with Crippen LogP contribution in [0, 0.1) is 0 Å². The molecule has 3 heterocycles. The lowest BCUT2D eigenvalue weighted by Gasteiger charge is -2.42. The summed E-state index contributed by atoms with van der Waals surface area (Å²) < 4.78 is 6.06. The van der Waals surface area contributed by atoms with Gasteiger partial charge in [0.25, 0.3) is 5.91 Å². The van der Waals surface area contributed by atoms with Gasteiger partial charge in [-0.2, -0.15) is 0 Å². The third-order valence-corrected chi connectivity index (χ3v) is 7.61. The molecule has 1 unspecified atom stereocenters. The Labute approximate surface area is 212 Å². The number of aromatic nitrogens is 2. The van der Waals surface area contributed by atoms with Crippen LogP contribution in [0.15, 0.2) is 60.8 Å². The molecule has 2 saturated heterocycles. The maximum atomic E-state index is 12.2. The monoisotopic (exact) mass is 487 g/mol. The Morgan fingerprint density at radius 3 is 2.47 bits per heavy atom. The topological polar surface area (TPSA) is 93.4 Å². The number of nitrogens with two attached hydrogens (primary N) is 1. The summed E-state index contributed by atoms with van der Waals surface area (Å²) in [7, 11) is 0. The number of carbonyl (C=O) groups is 1. The predicted octanol–water partition coefficient (Wildman–Crippen LogP) is 4.09. The molecule has 1 amide bonds. The quantitative estimate of drug-likeness (QED) is 0.488. The molecule has 0 radical (unpaired) electrons. The molecule has 8 heteroatoms. The largest absolute Gasteiger partial charge is 0.378 e. The minimum atomic E-state index is -0.213. The number of likely N-dealkylation sites (tertiary alicyclic amines) is 1. The average Bonchev–Trinajstić information content (AvgIpc) is 3.37. The average molecular weight is 488 g/mol. The van der Waals surface area contributed by atoms with E-state index in [2.05, 4.69) is 77.6 Å². The van der Waals surface area contributed by atoms with Gasteiger partial charge in [0.05, 0.1) is 31.5 Å². The number of quaternary nitrogens is 1. The van der Waals surface area contributed by atoms with Gasteiger partial charge in [0.1, 0.15) is 5.69 Å². The summed E-state index contributed by atoms with van der Waals surface area (Å²) >= 11 is 0. The van der Waals surface area contributed by atoms with Crippen LogP contribution in [-0.4, -0.2) is 60.8 Å². The maximum Gasteiger partial charge on any atom is 0.276 e. The van der Waals surface area contributed by atoms with Crippen LogP contribution in [0.1, 0.15) is 26.7 Å². The Hall–Kier alpha value is -3.49. The Balaban J connectivity index is 1.33. The third kappa shape index (κ3) is 4.66. The van der Waals surface area contributed by atoms with E-state index in [0.29, 0.717) is 10.4 Å². The maximum absolute atomic E-state index is 12.2. The van der Waals surface area contributed by atoms with Gasteiger partial charge in [-0.25, -0.2) is 9.97 Å². The Kier molecular flexibility index (Phi) is 6.89. The fourth-order valence-corrected chi connectivity index (χ4v) is 5.72. The fraction of sp³-hybridized carbons (Fsp3) is 0.393. The van der Waals surface area contributed by atoms with Gasteiger partial charge in [0.15, 0.2) is 6.04 Å². The standard InChI is InChI=1S/C28H34N6O2/c1-20(2)34(17-3-4-26(34)27(29)35)24-11-5-21(6-12-24)25-13-14-30-28(32-25)31-22-7-9-23(10-8-22)33-15-18-36-19-16-33/h5-14,20,26H,3-4,15-19H2,1-2H3,(H2-,29,30,31,32,35)/p+1/t26-,34?/m1/s1. The van der Waals surface area contributed by atoms with Crippen molar-refractivity contribution in [3.63, 3.8) is 0 Å². The van der Waals surface area contributed by atoms with E-state index >= 15 is 0 Å². The first kappa shape index (κ1) is 24.2. The van der Waals surface area contributed by atoms with Gasteiger partial charge in [-0.1, -0.05) is 0 Å². The molecule has 188 valence electrons. The molecule has 3 N–H and O–H groups in total. The first-order valence-electron chi connectivity index (χ1n) is 12.8. The summed E-state index contributed by atoms with van der Waals surface area (Å²) in [4.78, 5) is 23.7. The first-order chi connectivity index (χ1) is 17.5. The molecule has 1 aromatic heterocycles. The Morgan fingerprint density at radius 2 is 1.81 bits per heavy atom. The van der Waals surface area contributed by atoms with Crippen molar-refractivity contribution < 1.29 is 9.53 Å². The van der Waals surface area contributed by atoms with Crippen LogP contribution < -0.4 is 20.4 Å². The van der Waals surface area contributed by atoms with Crippen molar-refractivity contribution in [1.29, 1.82) is 0 Å². The number of anilines is 3. The van der Waals surface area contributed by atoms with E-state index in [9.17, 15) is 4.79 Å². The predicted molar refractivity (Wildman–Crippen MR) is 144 cm³/mol. The molecular formula is C28H35N6O2+. The zero-order valence-electron chi connectivity index (χ0n) is 21.1. The van der Waals surface area contributed by atoms with Crippen LogP contribution in [0.5, 0.6) is 0 Å². The van der Waals surface area contributed by atoms with Gasteiger partial charge in [0.2, 0.25) is 5.95 Å². The summed E-state index contributed by atoms with van der Waals surface area (Å²) in [6.07, 6.45) is 3.61. The molecule has 0 aliphatic carbocycles. The van der Waals surface area contributed by atoms with E-state index in [1.165, 1.54) is 5.69 Å². The van der Waals surface area contributed by atoms with Gasteiger partial charge < -0.3 is 20.7 Å². The summed E-state index contributed by atoms with van der Waals surface area (Å²) in [5.74, 6) is 0.337. The number of rotatable bonds is 7. The molecule has 0 spiro atoms. The number of hydrogen-bond donors (Lipinski definition) is 2. The van der Waals surface area contributed by atoms with Crippen molar-refractivity contribution in [2.24, 2.45) is 5.73 Å². The Bertz CT molecular complexity index is 1190. The molecule has 2 fully saturated rings. The molecular weight excluding hydrogens is 452 g/mol. The highest BCUT2D eigenvalue weighted by atomic mass is 16.5. The number of hydrogen-bond acceptors (Lipinski definition) is 6. The highest BCUT2D eigenvalue weighted by Gasteiger charge is 2.49. The summed E-state index contributed by atoms with van der Waals surface area (Å²) in [6, 6.07) is 18.7. The van der Waals surface area contributed by atoms with Crippen molar-refractivity contribution in [1.82, 2.24) is 14.5 Å². The molecule has 0 bridgehead atoms. The second-order valence-corrected chi connectivity index (χ2v) is 9.89. The lowest BCUT2D eigenvalue weighted by atomic mass is 10.0. The van der Waals surface area contributed by atoms with E-state index < -0.39 is 0 Å². The van der Waals surface area contributed by atoms with Crippen LogP contribution in [0.3, 0.4) is 0 Å². The van der Waals surface area contributed by atoms with E-state index in [1.807, 2.05) is 6.07 Å². The molecule has 2 aliphatic rings. The van der Waals surface area contributed by atoms with Crippen molar-refractivity contribution >= 4 is 28.9 Å². The second-order valence-electron chi connectivity index (χ2n) is 9.89. The zero-order valence-corrected chi connectivity index (χ0v) is 21.1. The highest BCUT2D eigenvalue weighted by Crippen LogP contribution is 2.38. The molecule has 0 saturated carbocycles. The van der Waals surface area contributed by atoms with Crippen molar-refractivity contribution in [2.75, 3.05) is 43.1 Å². The number of amides is 1. The molecule has 2 atom stereocenters. The van der Waals surface area contributed by atoms with Crippen molar-refractivity contribution in [2.45, 2.75) is 38.8 Å². The summed E-state index contributed by atoms with van der Waals surface area (Å²) in [5.41, 5.74) is 10.9. The number of morpholine rings is 1. The fourth-order valence-electron chi connectivity index (χ4n) is 5.72. The number of carbonyl (C=O) groups excluding carboxylic acids is 1. The minimum Gasteiger partial charge on any atom is -0.378 e. The number of nitrogens with zero attached hydrogens (tertiary/aromatic N) is 4. The zero-order chi connectivity index (χ0) is 25.1. The molecule has 2 aromatic carbocycles. The summed E-state index contributed by atoms with van der Waals surface area (Å²) in [6.45, 7) is 8.64. The lowest BCUT2D eigenvalue weighted by Crippen LogP contribution is -2.61. The van der Waals surface area contributed by atoms with E-state index in [4.69, 9.17) is 15.5 Å². The van der Waals surface area contributed by atoms with Gasteiger partial charge in [-0.15, -0.1) is 0 Å². The minimum absolute atomic E-state index is 0.180.